The van der Waals surface area contributed by atoms with Crippen molar-refractivity contribution >= 4 is 11.9 Å². The van der Waals surface area contributed by atoms with Crippen LogP contribution < -0.4 is 5.32 Å². The Bertz CT molecular complexity index is 410. The maximum absolute atomic E-state index is 11.8. The van der Waals surface area contributed by atoms with E-state index in [2.05, 4.69) is 5.32 Å². The van der Waals surface area contributed by atoms with Gasteiger partial charge in [0.1, 0.15) is 6.04 Å². The summed E-state index contributed by atoms with van der Waals surface area (Å²) in [6, 6.07) is 0.769. The Hall–Kier alpha value is -1.78. The first-order valence-corrected chi connectivity index (χ1v) is 5.55. The van der Waals surface area contributed by atoms with Gasteiger partial charge in [0.05, 0.1) is 6.26 Å². The van der Waals surface area contributed by atoms with Crippen molar-refractivity contribution < 1.29 is 19.1 Å². The van der Waals surface area contributed by atoms with Gasteiger partial charge in [0.2, 0.25) is 0 Å². The smallest absolute Gasteiger partial charge is 0.326 e. The van der Waals surface area contributed by atoms with E-state index in [-0.39, 0.29) is 11.7 Å². The van der Waals surface area contributed by atoms with E-state index in [1.165, 1.54) is 6.26 Å². The van der Waals surface area contributed by atoms with Crippen LogP contribution in [0.1, 0.15) is 36.4 Å². The largest absolute Gasteiger partial charge is 0.480 e. The van der Waals surface area contributed by atoms with Gasteiger partial charge < -0.3 is 14.8 Å². The molecule has 0 radical (unpaired) electrons. The SMILES string of the molecule is CCC(C)C(NC(=O)c1occc1C)C(=O)O. The second-order valence-electron chi connectivity index (χ2n) is 4.11. The molecule has 1 aromatic heterocycles. The first-order valence-electron chi connectivity index (χ1n) is 5.55. The summed E-state index contributed by atoms with van der Waals surface area (Å²) in [6.45, 7) is 5.40. The molecule has 5 nitrogen and oxygen atoms in total. The van der Waals surface area contributed by atoms with Gasteiger partial charge in [0.15, 0.2) is 5.76 Å². The number of carbonyl (C=O) groups is 2. The molecule has 17 heavy (non-hydrogen) atoms. The van der Waals surface area contributed by atoms with Gasteiger partial charge in [0, 0.05) is 5.56 Å². The number of carboxylic acid groups (broad SMARTS) is 1. The van der Waals surface area contributed by atoms with Crippen molar-refractivity contribution in [2.24, 2.45) is 5.92 Å². The van der Waals surface area contributed by atoms with E-state index in [4.69, 9.17) is 9.52 Å². The lowest BCUT2D eigenvalue weighted by Gasteiger charge is -2.19. The molecular formula is C12H17NO4. The molecule has 0 aromatic carbocycles. The molecule has 1 aromatic rings. The van der Waals surface area contributed by atoms with Crippen molar-refractivity contribution in [1.82, 2.24) is 5.32 Å². The molecule has 0 fully saturated rings. The normalized spacial score (nSPS) is 14.1. The van der Waals surface area contributed by atoms with Gasteiger partial charge in [-0.25, -0.2) is 4.79 Å². The quantitative estimate of drug-likeness (QED) is 0.821. The summed E-state index contributed by atoms with van der Waals surface area (Å²) in [4.78, 5) is 22.8. The summed E-state index contributed by atoms with van der Waals surface area (Å²) in [6.07, 6.45) is 2.08. The van der Waals surface area contributed by atoms with E-state index < -0.39 is 17.9 Å². The average molecular weight is 239 g/mol. The molecule has 0 spiro atoms. The average Bonchev–Trinajstić information content (AvgIpc) is 2.70. The predicted octanol–water partition coefficient (Wildman–Crippen LogP) is 1.82. The number of hydrogen-bond donors (Lipinski definition) is 2. The van der Waals surface area contributed by atoms with Crippen LogP contribution in [0.25, 0.3) is 0 Å². The highest BCUT2D eigenvalue weighted by Crippen LogP contribution is 2.12. The standard InChI is InChI=1S/C12H17NO4/c1-4-7(2)9(12(15)16)13-11(14)10-8(3)5-6-17-10/h5-7,9H,4H2,1-3H3,(H,13,14)(H,15,16). The van der Waals surface area contributed by atoms with Crippen LogP contribution in [0.2, 0.25) is 0 Å². The summed E-state index contributed by atoms with van der Waals surface area (Å²) < 4.78 is 5.02. The summed E-state index contributed by atoms with van der Waals surface area (Å²) in [7, 11) is 0. The molecule has 5 heteroatoms. The molecule has 2 unspecified atom stereocenters. The molecule has 2 N–H and O–H groups in total. The Labute approximate surface area is 99.8 Å². The lowest BCUT2D eigenvalue weighted by molar-refractivity contribution is -0.140. The van der Waals surface area contributed by atoms with Gasteiger partial charge in [0.25, 0.3) is 5.91 Å². The van der Waals surface area contributed by atoms with Crippen LogP contribution in [-0.2, 0) is 4.79 Å². The summed E-state index contributed by atoms with van der Waals surface area (Å²) in [5, 5.41) is 11.5. The minimum Gasteiger partial charge on any atom is -0.480 e. The van der Waals surface area contributed by atoms with Crippen molar-refractivity contribution in [1.29, 1.82) is 0 Å². The summed E-state index contributed by atoms with van der Waals surface area (Å²) in [5.74, 6) is -1.48. The first-order chi connectivity index (χ1) is 7.97. The number of amides is 1. The van der Waals surface area contributed by atoms with Gasteiger partial charge in [-0.3, -0.25) is 4.79 Å². The third-order valence-corrected chi connectivity index (χ3v) is 2.83. The molecule has 0 bridgehead atoms. The zero-order chi connectivity index (χ0) is 13.0. The molecular weight excluding hydrogens is 222 g/mol. The number of carboxylic acids is 1. The van der Waals surface area contributed by atoms with Crippen LogP contribution in [-0.4, -0.2) is 23.0 Å². The molecule has 0 saturated heterocycles. The fourth-order valence-electron chi connectivity index (χ4n) is 1.50. The maximum atomic E-state index is 11.8. The molecule has 0 aliphatic carbocycles. The zero-order valence-corrected chi connectivity index (χ0v) is 10.2. The van der Waals surface area contributed by atoms with E-state index in [0.29, 0.717) is 12.0 Å². The van der Waals surface area contributed by atoms with Gasteiger partial charge in [-0.05, 0) is 18.9 Å². The lowest BCUT2D eigenvalue weighted by Crippen LogP contribution is -2.45. The first kappa shape index (κ1) is 13.3. The van der Waals surface area contributed by atoms with E-state index in [1.54, 1.807) is 19.9 Å². The minimum absolute atomic E-state index is 0.133. The van der Waals surface area contributed by atoms with Crippen LogP contribution in [0.3, 0.4) is 0 Å². The van der Waals surface area contributed by atoms with Crippen LogP contribution in [0.5, 0.6) is 0 Å². The number of hydrogen-bond acceptors (Lipinski definition) is 3. The molecule has 1 heterocycles. The highest BCUT2D eigenvalue weighted by molar-refractivity contribution is 5.95. The third kappa shape index (κ3) is 3.09. The van der Waals surface area contributed by atoms with E-state index in [1.807, 2.05) is 6.92 Å². The van der Waals surface area contributed by atoms with Crippen molar-refractivity contribution in [3.63, 3.8) is 0 Å². The van der Waals surface area contributed by atoms with Crippen LogP contribution in [0.4, 0.5) is 0 Å². The molecule has 2 atom stereocenters. The summed E-state index contributed by atoms with van der Waals surface area (Å²) in [5.41, 5.74) is 0.691. The van der Waals surface area contributed by atoms with E-state index in [9.17, 15) is 9.59 Å². The molecule has 94 valence electrons. The third-order valence-electron chi connectivity index (χ3n) is 2.83. The van der Waals surface area contributed by atoms with Crippen LogP contribution in [0.15, 0.2) is 16.7 Å². The van der Waals surface area contributed by atoms with Crippen LogP contribution >= 0.6 is 0 Å². The Kier molecular flexibility index (Phi) is 4.31. The van der Waals surface area contributed by atoms with Crippen molar-refractivity contribution in [3.8, 4) is 0 Å². The van der Waals surface area contributed by atoms with Gasteiger partial charge in [-0.15, -0.1) is 0 Å². The van der Waals surface area contributed by atoms with Gasteiger partial charge in [-0.2, -0.15) is 0 Å². The Morgan fingerprint density at radius 1 is 1.53 bits per heavy atom. The highest BCUT2D eigenvalue weighted by Gasteiger charge is 2.27. The number of aliphatic carboxylic acids is 1. The molecule has 0 saturated carbocycles. The Morgan fingerprint density at radius 3 is 2.59 bits per heavy atom. The number of furan rings is 1. The van der Waals surface area contributed by atoms with Crippen molar-refractivity contribution in [3.05, 3.63) is 23.7 Å². The van der Waals surface area contributed by atoms with Crippen molar-refractivity contribution in [2.75, 3.05) is 0 Å². The number of aryl methyl sites for hydroxylation is 1. The maximum Gasteiger partial charge on any atom is 0.326 e. The fraction of sp³-hybridized carbons (Fsp3) is 0.500. The topological polar surface area (TPSA) is 79.5 Å². The zero-order valence-electron chi connectivity index (χ0n) is 10.2. The molecule has 1 rings (SSSR count). The monoisotopic (exact) mass is 239 g/mol. The van der Waals surface area contributed by atoms with Crippen LogP contribution in [0, 0.1) is 12.8 Å². The highest BCUT2D eigenvalue weighted by atomic mass is 16.4. The van der Waals surface area contributed by atoms with E-state index in [0.717, 1.165) is 0 Å². The Morgan fingerprint density at radius 2 is 2.18 bits per heavy atom. The Balaban J connectivity index is 2.78. The number of rotatable bonds is 5. The molecule has 0 aliphatic heterocycles. The van der Waals surface area contributed by atoms with Crippen molar-refractivity contribution in [2.45, 2.75) is 33.2 Å². The van der Waals surface area contributed by atoms with Gasteiger partial charge >= 0.3 is 5.97 Å². The van der Waals surface area contributed by atoms with E-state index >= 15 is 0 Å². The fourth-order valence-corrected chi connectivity index (χ4v) is 1.50. The molecule has 1 amide bonds. The number of nitrogens with one attached hydrogen (secondary N) is 1. The number of carbonyl (C=O) groups excluding carboxylic acids is 1. The van der Waals surface area contributed by atoms with Gasteiger partial charge in [-0.1, -0.05) is 20.3 Å². The summed E-state index contributed by atoms with van der Waals surface area (Å²) >= 11 is 0. The second-order valence-corrected chi connectivity index (χ2v) is 4.11. The lowest BCUT2D eigenvalue weighted by atomic mass is 9.99. The molecule has 0 aliphatic rings. The predicted molar refractivity (Wildman–Crippen MR) is 61.8 cm³/mol. The second kappa shape index (κ2) is 5.52. The minimum atomic E-state index is -1.03.